The van der Waals surface area contributed by atoms with E-state index in [1.807, 2.05) is 29.1 Å². The van der Waals surface area contributed by atoms with Gasteiger partial charge < -0.3 is 0 Å². The monoisotopic (exact) mass is 294 g/mol. The molecule has 2 aromatic carbocycles. The number of anilines is 1. The van der Waals surface area contributed by atoms with Crippen LogP contribution >= 0.6 is 0 Å². The van der Waals surface area contributed by atoms with E-state index in [-0.39, 0.29) is 5.82 Å². The number of nitrogens with zero attached hydrogens (tertiary/aromatic N) is 3. The molecule has 3 rings (SSSR count). The molecule has 0 aliphatic carbocycles. The average molecular weight is 294 g/mol. The highest BCUT2D eigenvalue weighted by Crippen LogP contribution is 2.08. The summed E-state index contributed by atoms with van der Waals surface area (Å²) in [6, 6.07) is 16.2. The molecule has 22 heavy (non-hydrogen) atoms. The maximum absolute atomic E-state index is 12.8. The maximum Gasteiger partial charge on any atom is 0.123 e. The summed E-state index contributed by atoms with van der Waals surface area (Å²) in [5.74, 6) is -0.267. The van der Waals surface area contributed by atoms with Crippen LogP contribution in [0.1, 0.15) is 11.1 Å². The largest absolute Gasteiger partial charge is 0.278 e. The number of hydrogen-bond acceptors (Lipinski definition) is 3. The molecule has 1 aromatic heterocycles. The van der Waals surface area contributed by atoms with Gasteiger partial charge in [-0.25, -0.2) is 4.39 Å². The van der Waals surface area contributed by atoms with Crippen molar-refractivity contribution in [2.24, 2.45) is 5.10 Å². The number of benzene rings is 2. The number of nitrogens with one attached hydrogen (secondary N) is 1. The van der Waals surface area contributed by atoms with Crippen LogP contribution in [0.3, 0.4) is 0 Å². The quantitative estimate of drug-likeness (QED) is 0.578. The summed E-state index contributed by atoms with van der Waals surface area (Å²) >= 11 is 0. The first-order valence-corrected chi connectivity index (χ1v) is 6.91. The fraction of sp³-hybridized carbons (Fsp3) is 0.0588. The highest BCUT2D eigenvalue weighted by molar-refractivity contribution is 5.79. The van der Waals surface area contributed by atoms with Gasteiger partial charge in [-0.2, -0.15) is 10.2 Å². The van der Waals surface area contributed by atoms with E-state index < -0.39 is 0 Å². The van der Waals surface area contributed by atoms with Gasteiger partial charge in [0.05, 0.1) is 24.6 Å². The zero-order valence-corrected chi connectivity index (χ0v) is 11.9. The average Bonchev–Trinajstić information content (AvgIpc) is 2.98. The Hall–Kier alpha value is -2.95. The Balaban J connectivity index is 1.59. The summed E-state index contributed by atoms with van der Waals surface area (Å²) in [4.78, 5) is 0. The third-order valence-electron chi connectivity index (χ3n) is 3.09. The van der Waals surface area contributed by atoms with Crippen molar-refractivity contribution in [1.82, 2.24) is 9.78 Å². The molecule has 0 amide bonds. The van der Waals surface area contributed by atoms with Gasteiger partial charge in [0.2, 0.25) is 0 Å². The van der Waals surface area contributed by atoms with Crippen LogP contribution in [0.2, 0.25) is 0 Å². The number of rotatable bonds is 5. The van der Waals surface area contributed by atoms with Gasteiger partial charge in [0.15, 0.2) is 0 Å². The minimum atomic E-state index is -0.267. The molecule has 3 aromatic rings. The Bertz CT molecular complexity index is 748. The molecule has 0 atom stereocenters. The van der Waals surface area contributed by atoms with Crippen molar-refractivity contribution in [2.45, 2.75) is 6.54 Å². The second kappa shape index (κ2) is 6.67. The van der Waals surface area contributed by atoms with E-state index in [1.54, 1.807) is 24.5 Å². The second-order valence-corrected chi connectivity index (χ2v) is 4.83. The lowest BCUT2D eigenvalue weighted by Gasteiger charge is -2.00. The van der Waals surface area contributed by atoms with Gasteiger partial charge in [0.1, 0.15) is 5.82 Å². The van der Waals surface area contributed by atoms with Gasteiger partial charge in [-0.15, -0.1) is 0 Å². The molecule has 0 saturated carbocycles. The van der Waals surface area contributed by atoms with E-state index in [1.165, 1.54) is 17.7 Å². The molecular formula is C17H15FN4. The van der Waals surface area contributed by atoms with Crippen molar-refractivity contribution in [2.75, 3.05) is 5.43 Å². The first kappa shape index (κ1) is 14.0. The van der Waals surface area contributed by atoms with Crippen molar-refractivity contribution in [3.63, 3.8) is 0 Å². The smallest absolute Gasteiger partial charge is 0.123 e. The first-order chi connectivity index (χ1) is 10.8. The van der Waals surface area contributed by atoms with Gasteiger partial charge in [-0.1, -0.05) is 30.3 Å². The first-order valence-electron chi connectivity index (χ1n) is 6.91. The SMILES string of the molecule is Fc1ccc(N/N=C\c2cnn(Cc3ccccc3)c2)cc1. The fourth-order valence-electron chi connectivity index (χ4n) is 2.01. The van der Waals surface area contributed by atoms with E-state index in [9.17, 15) is 4.39 Å². The number of hydrazone groups is 1. The Morgan fingerprint density at radius 1 is 1.09 bits per heavy atom. The van der Waals surface area contributed by atoms with Crippen molar-refractivity contribution in [1.29, 1.82) is 0 Å². The third-order valence-corrected chi connectivity index (χ3v) is 3.09. The van der Waals surface area contributed by atoms with E-state index in [4.69, 9.17) is 0 Å². The van der Waals surface area contributed by atoms with Crippen LogP contribution in [0, 0.1) is 5.82 Å². The highest BCUT2D eigenvalue weighted by atomic mass is 19.1. The zero-order valence-electron chi connectivity index (χ0n) is 11.9. The van der Waals surface area contributed by atoms with Crippen LogP contribution in [0.5, 0.6) is 0 Å². The molecule has 0 aliphatic rings. The molecule has 0 unspecified atom stereocenters. The molecule has 0 saturated heterocycles. The van der Waals surface area contributed by atoms with E-state index in [0.29, 0.717) is 0 Å². The standard InChI is InChI=1S/C17H15FN4/c18-16-6-8-17(9-7-16)21-19-10-15-11-20-22(13-15)12-14-4-2-1-3-5-14/h1-11,13,21H,12H2/b19-10-. The number of hydrogen-bond donors (Lipinski definition) is 1. The predicted octanol–water partition coefficient (Wildman–Crippen LogP) is 3.52. The molecule has 0 radical (unpaired) electrons. The second-order valence-electron chi connectivity index (χ2n) is 4.83. The van der Waals surface area contributed by atoms with Crippen LogP contribution in [0.25, 0.3) is 0 Å². The number of aromatic nitrogens is 2. The van der Waals surface area contributed by atoms with Gasteiger partial charge >= 0.3 is 0 Å². The summed E-state index contributed by atoms with van der Waals surface area (Å²) in [6.45, 7) is 0.722. The fourth-order valence-corrected chi connectivity index (χ4v) is 2.01. The summed E-state index contributed by atoms with van der Waals surface area (Å²) < 4.78 is 14.6. The third kappa shape index (κ3) is 3.79. The van der Waals surface area contributed by atoms with Gasteiger partial charge in [-0.05, 0) is 29.8 Å². The van der Waals surface area contributed by atoms with Crippen molar-refractivity contribution < 1.29 is 4.39 Å². The lowest BCUT2D eigenvalue weighted by Crippen LogP contribution is -1.99. The van der Waals surface area contributed by atoms with Gasteiger partial charge in [0, 0.05) is 11.8 Å². The zero-order chi connectivity index (χ0) is 15.2. The molecule has 110 valence electrons. The Morgan fingerprint density at radius 2 is 1.86 bits per heavy atom. The summed E-state index contributed by atoms with van der Waals surface area (Å²) in [5, 5.41) is 8.41. The lowest BCUT2D eigenvalue weighted by atomic mass is 10.2. The van der Waals surface area contributed by atoms with Crippen LogP contribution in [0.15, 0.2) is 72.1 Å². The predicted molar refractivity (Wildman–Crippen MR) is 85.4 cm³/mol. The summed E-state index contributed by atoms with van der Waals surface area (Å²) in [6.07, 6.45) is 5.35. The minimum absolute atomic E-state index is 0.267. The topological polar surface area (TPSA) is 42.2 Å². The van der Waals surface area contributed by atoms with Crippen LogP contribution < -0.4 is 5.43 Å². The summed E-state index contributed by atoms with van der Waals surface area (Å²) in [7, 11) is 0. The van der Waals surface area contributed by atoms with Gasteiger partial charge in [-0.3, -0.25) is 10.1 Å². The number of halogens is 1. The maximum atomic E-state index is 12.8. The molecule has 4 nitrogen and oxygen atoms in total. The van der Waals surface area contributed by atoms with E-state index in [0.717, 1.165) is 17.8 Å². The van der Waals surface area contributed by atoms with Crippen LogP contribution in [-0.2, 0) is 6.54 Å². The molecule has 0 spiro atoms. The minimum Gasteiger partial charge on any atom is -0.278 e. The normalized spacial score (nSPS) is 11.0. The molecule has 0 fully saturated rings. The Labute approximate surface area is 127 Å². The van der Waals surface area contributed by atoms with Crippen LogP contribution in [0.4, 0.5) is 10.1 Å². The lowest BCUT2D eigenvalue weighted by molar-refractivity contribution is 0.628. The molecular weight excluding hydrogens is 279 g/mol. The highest BCUT2D eigenvalue weighted by Gasteiger charge is 1.97. The molecule has 1 heterocycles. The molecule has 0 aliphatic heterocycles. The van der Waals surface area contributed by atoms with E-state index >= 15 is 0 Å². The molecule has 1 N–H and O–H groups in total. The van der Waals surface area contributed by atoms with Crippen molar-refractivity contribution in [3.8, 4) is 0 Å². The Kier molecular flexibility index (Phi) is 4.25. The summed E-state index contributed by atoms with van der Waals surface area (Å²) in [5.41, 5.74) is 5.66. The van der Waals surface area contributed by atoms with Crippen LogP contribution in [-0.4, -0.2) is 16.0 Å². The molecule has 0 bridgehead atoms. The Morgan fingerprint density at radius 3 is 2.64 bits per heavy atom. The van der Waals surface area contributed by atoms with Gasteiger partial charge in [0.25, 0.3) is 0 Å². The van der Waals surface area contributed by atoms with E-state index in [2.05, 4.69) is 27.8 Å². The molecule has 5 heteroatoms. The van der Waals surface area contributed by atoms with Crippen molar-refractivity contribution >= 4 is 11.9 Å². The van der Waals surface area contributed by atoms with Crippen molar-refractivity contribution in [3.05, 3.63) is 83.9 Å².